The van der Waals surface area contributed by atoms with Crippen molar-refractivity contribution >= 4 is 17.7 Å². The molecule has 0 unspecified atom stereocenters. The molecule has 0 aliphatic heterocycles. The summed E-state index contributed by atoms with van der Waals surface area (Å²) in [6.07, 6.45) is 5.21. The van der Waals surface area contributed by atoms with E-state index in [1.165, 1.54) is 0 Å². The molecule has 0 atom stereocenters. The van der Waals surface area contributed by atoms with Gasteiger partial charge in [-0.2, -0.15) is 0 Å². The first-order valence-corrected chi connectivity index (χ1v) is 6.52. The lowest BCUT2D eigenvalue weighted by atomic mass is 10.2. The van der Waals surface area contributed by atoms with Crippen LogP contribution in [0.4, 0.5) is 0 Å². The van der Waals surface area contributed by atoms with Crippen molar-refractivity contribution in [2.45, 2.75) is 6.61 Å². The Balaban J connectivity index is 1.86. The SMILES string of the molecule is COc1cnc(Cl)nc1/C=C/COCc1ccccc1. The van der Waals surface area contributed by atoms with Crippen molar-refractivity contribution in [2.24, 2.45) is 0 Å². The van der Waals surface area contributed by atoms with Crippen molar-refractivity contribution in [3.05, 3.63) is 59.1 Å². The predicted octanol–water partition coefficient (Wildman–Crippen LogP) is 3.37. The van der Waals surface area contributed by atoms with Crippen LogP contribution in [-0.2, 0) is 11.3 Å². The van der Waals surface area contributed by atoms with Gasteiger partial charge in [-0.3, -0.25) is 0 Å². The van der Waals surface area contributed by atoms with Crippen LogP contribution in [0.2, 0.25) is 5.28 Å². The molecule has 0 spiro atoms. The number of benzene rings is 1. The van der Waals surface area contributed by atoms with Crippen molar-refractivity contribution in [3.8, 4) is 5.75 Å². The van der Waals surface area contributed by atoms with Crippen molar-refractivity contribution in [3.63, 3.8) is 0 Å². The summed E-state index contributed by atoms with van der Waals surface area (Å²) in [4.78, 5) is 7.95. The van der Waals surface area contributed by atoms with E-state index in [0.717, 1.165) is 5.56 Å². The van der Waals surface area contributed by atoms with Crippen LogP contribution in [0, 0.1) is 0 Å². The summed E-state index contributed by atoms with van der Waals surface area (Å²) in [5.41, 5.74) is 1.78. The molecule has 0 aliphatic rings. The summed E-state index contributed by atoms with van der Waals surface area (Å²) in [6, 6.07) is 10.0. The second-order valence-electron chi connectivity index (χ2n) is 4.00. The molecule has 0 aliphatic carbocycles. The number of nitrogens with zero attached hydrogens (tertiary/aromatic N) is 2. The van der Waals surface area contributed by atoms with Crippen LogP contribution in [0.15, 0.2) is 42.6 Å². The molecule has 0 radical (unpaired) electrons. The van der Waals surface area contributed by atoms with Crippen molar-refractivity contribution in [2.75, 3.05) is 13.7 Å². The second-order valence-corrected chi connectivity index (χ2v) is 4.33. The molecule has 1 aromatic carbocycles. The summed E-state index contributed by atoms with van der Waals surface area (Å²) in [5.74, 6) is 0.578. The Morgan fingerprint density at radius 2 is 2.05 bits per heavy atom. The number of aromatic nitrogens is 2. The molecule has 2 aromatic rings. The molecule has 1 heterocycles. The quantitative estimate of drug-likeness (QED) is 0.604. The first-order chi connectivity index (χ1) is 9.79. The fraction of sp³-hybridized carbons (Fsp3) is 0.200. The standard InChI is InChI=1S/C15H15ClN2O2/c1-19-14-10-17-15(16)18-13(14)8-5-9-20-11-12-6-3-2-4-7-12/h2-8,10H,9,11H2,1H3/b8-5+. The van der Waals surface area contributed by atoms with Gasteiger partial charge in [0, 0.05) is 0 Å². The molecular weight excluding hydrogens is 276 g/mol. The Morgan fingerprint density at radius 3 is 2.80 bits per heavy atom. The van der Waals surface area contributed by atoms with Crippen LogP contribution >= 0.6 is 11.6 Å². The summed E-state index contributed by atoms with van der Waals surface area (Å²) < 4.78 is 10.7. The molecule has 20 heavy (non-hydrogen) atoms. The van der Waals surface area contributed by atoms with Crippen molar-refractivity contribution < 1.29 is 9.47 Å². The van der Waals surface area contributed by atoms with Gasteiger partial charge in [-0.15, -0.1) is 0 Å². The maximum Gasteiger partial charge on any atom is 0.223 e. The lowest BCUT2D eigenvalue weighted by Crippen LogP contribution is -1.95. The van der Waals surface area contributed by atoms with Gasteiger partial charge >= 0.3 is 0 Å². The second kappa shape index (κ2) is 7.62. The van der Waals surface area contributed by atoms with E-state index in [9.17, 15) is 0 Å². The zero-order chi connectivity index (χ0) is 14.2. The Bertz CT molecular complexity index is 573. The van der Waals surface area contributed by atoms with Gasteiger partial charge in [0.05, 0.1) is 26.5 Å². The molecule has 0 amide bonds. The number of halogens is 1. The number of methoxy groups -OCH3 is 1. The van der Waals surface area contributed by atoms with Crippen LogP contribution in [0.5, 0.6) is 5.75 Å². The molecule has 5 heteroatoms. The van der Waals surface area contributed by atoms with E-state index in [4.69, 9.17) is 21.1 Å². The molecule has 0 N–H and O–H groups in total. The first-order valence-electron chi connectivity index (χ1n) is 6.14. The van der Waals surface area contributed by atoms with Gasteiger partial charge in [-0.1, -0.05) is 36.4 Å². The smallest absolute Gasteiger partial charge is 0.223 e. The molecule has 0 fully saturated rings. The first kappa shape index (κ1) is 14.5. The third-order valence-corrected chi connectivity index (χ3v) is 2.76. The zero-order valence-electron chi connectivity index (χ0n) is 11.1. The summed E-state index contributed by atoms with van der Waals surface area (Å²) >= 11 is 5.75. The molecule has 4 nitrogen and oxygen atoms in total. The lowest BCUT2D eigenvalue weighted by Gasteiger charge is -2.03. The van der Waals surface area contributed by atoms with Gasteiger partial charge in [0.1, 0.15) is 5.69 Å². The van der Waals surface area contributed by atoms with Crippen molar-refractivity contribution in [1.82, 2.24) is 9.97 Å². The van der Waals surface area contributed by atoms with Crippen LogP contribution in [0.25, 0.3) is 6.08 Å². The molecule has 2 rings (SSSR count). The molecule has 0 saturated carbocycles. The summed E-state index contributed by atoms with van der Waals surface area (Å²) in [7, 11) is 1.57. The maximum atomic E-state index is 5.75. The molecule has 104 valence electrons. The minimum Gasteiger partial charge on any atom is -0.493 e. The van der Waals surface area contributed by atoms with Crippen LogP contribution in [0.3, 0.4) is 0 Å². The van der Waals surface area contributed by atoms with Gasteiger partial charge in [0.2, 0.25) is 5.28 Å². The average molecular weight is 291 g/mol. The van der Waals surface area contributed by atoms with Crippen LogP contribution in [0.1, 0.15) is 11.3 Å². The fourth-order valence-corrected chi connectivity index (χ4v) is 1.76. The molecule has 0 bridgehead atoms. The van der Waals surface area contributed by atoms with E-state index in [1.54, 1.807) is 19.4 Å². The minimum atomic E-state index is 0.190. The minimum absolute atomic E-state index is 0.190. The maximum absolute atomic E-state index is 5.75. The number of rotatable bonds is 6. The fourth-order valence-electron chi connectivity index (χ4n) is 1.62. The van der Waals surface area contributed by atoms with Gasteiger partial charge in [-0.25, -0.2) is 9.97 Å². The number of hydrogen-bond acceptors (Lipinski definition) is 4. The largest absolute Gasteiger partial charge is 0.493 e. The van der Waals surface area contributed by atoms with E-state index < -0.39 is 0 Å². The Kier molecular flexibility index (Phi) is 5.53. The van der Waals surface area contributed by atoms with Gasteiger partial charge in [-0.05, 0) is 23.2 Å². The van der Waals surface area contributed by atoms with Crippen molar-refractivity contribution in [1.29, 1.82) is 0 Å². The zero-order valence-corrected chi connectivity index (χ0v) is 11.9. The van der Waals surface area contributed by atoms with E-state index >= 15 is 0 Å². The Hall–Kier alpha value is -1.91. The average Bonchev–Trinajstić information content (AvgIpc) is 2.48. The van der Waals surface area contributed by atoms with E-state index in [2.05, 4.69) is 9.97 Å². The van der Waals surface area contributed by atoms with E-state index in [0.29, 0.717) is 24.7 Å². The highest BCUT2D eigenvalue weighted by Gasteiger charge is 2.02. The number of ether oxygens (including phenoxy) is 2. The van der Waals surface area contributed by atoms with Gasteiger partial charge in [0.15, 0.2) is 5.75 Å². The highest BCUT2D eigenvalue weighted by Crippen LogP contribution is 2.17. The Labute approximate surface area is 123 Å². The van der Waals surface area contributed by atoms with Crippen LogP contribution in [-0.4, -0.2) is 23.7 Å². The van der Waals surface area contributed by atoms with Crippen LogP contribution < -0.4 is 4.74 Å². The lowest BCUT2D eigenvalue weighted by molar-refractivity contribution is 0.149. The van der Waals surface area contributed by atoms with Gasteiger partial charge < -0.3 is 9.47 Å². The highest BCUT2D eigenvalue weighted by atomic mass is 35.5. The molecule has 1 aromatic heterocycles. The third kappa shape index (κ3) is 4.33. The monoisotopic (exact) mass is 290 g/mol. The predicted molar refractivity (Wildman–Crippen MR) is 78.7 cm³/mol. The highest BCUT2D eigenvalue weighted by molar-refractivity contribution is 6.28. The third-order valence-electron chi connectivity index (χ3n) is 2.57. The van der Waals surface area contributed by atoms with Gasteiger partial charge in [0.25, 0.3) is 0 Å². The molecule has 0 saturated heterocycles. The topological polar surface area (TPSA) is 44.2 Å². The normalized spacial score (nSPS) is 10.9. The summed E-state index contributed by atoms with van der Waals surface area (Å²) in [6.45, 7) is 1.06. The molecular formula is C15H15ClN2O2. The van der Waals surface area contributed by atoms with E-state index in [-0.39, 0.29) is 5.28 Å². The van der Waals surface area contributed by atoms with E-state index in [1.807, 2.05) is 36.4 Å². The summed E-state index contributed by atoms with van der Waals surface area (Å²) in [5, 5.41) is 0.190. The number of hydrogen-bond donors (Lipinski definition) is 0. The Morgan fingerprint density at radius 1 is 1.25 bits per heavy atom.